The predicted molar refractivity (Wildman–Crippen MR) is 116 cm³/mol. The van der Waals surface area contributed by atoms with E-state index in [2.05, 4.69) is 10.4 Å². The number of carbonyl (C=O) groups excluding carboxylic acids is 1. The predicted octanol–water partition coefficient (Wildman–Crippen LogP) is 5.15. The van der Waals surface area contributed by atoms with Gasteiger partial charge in [-0.1, -0.05) is 12.1 Å². The van der Waals surface area contributed by atoms with Crippen LogP contribution in [0, 0.1) is 13.8 Å². The zero-order valence-electron chi connectivity index (χ0n) is 17.7. The number of benzene rings is 1. The minimum atomic E-state index is -0.255. The number of amides is 1. The van der Waals surface area contributed by atoms with Gasteiger partial charge in [0.1, 0.15) is 17.3 Å². The maximum Gasteiger partial charge on any atom is 0.256 e. The summed E-state index contributed by atoms with van der Waals surface area (Å²) < 4.78 is 12.9. The normalized spacial score (nSPS) is 11.3. The van der Waals surface area contributed by atoms with E-state index in [1.807, 2.05) is 50.6 Å². The van der Waals surface area contributed by atoms with Gasteiger partial charge in [0.05, 0.1) is 35.6 Å². The Hall–Kier alpha value is -3.61. The third-order valence-corrected chi connectivity index (χ3v) is 4.97. The van der Waals surface area contributed by atoms with Crippen LogP contribution < -0.4 is 10.1 Å². The Morgan fingerprint density at radius 2 is 1.97 bits per heavy atom. The second-order valence-corrected chi connectivity index (χ2v) is 7.46. The number of nitrogens with zero attached hydrogens (tertiary/aromatic N) is 3. The monoisotopic (exact) mass is 404 g/mol. The van der Waals surface area contributed by atoms with Gasteiger partial charge in [-0.25, -0.2) is 9.67 Å². The zero-order valence-corrected chi connectivity index (χ0v) is 17.7. The Kier molecular flexibility index (Phi) is 5.03. The van der Waals surface area contributed by atoms with Crippen molar-refractivity contribution in [2.24, 2.45) is 0 Å². The lowest BCUT2D eigenvalue weighted by molar-refractivity contribution is 0.102. The van der Waals surface area contributed by atoms with E-state index in [0.717, 1.165) is 17.1 Å². The number of fused-ring (bicyclic) bond motifs is 1. The molecule has 0 atom stereocenters. The molecule has 0 aliphatic rings. The van der Waals surface area contributed by atoms with E-state index < -0.39 is 0 Å². The van der Waals surface area contributed by atoms with Crippen LogP contribution in [0.3, 0.4) is 0 Å². The van der Waals surface area contributed by atoms with Crippen molar-refractivity contribution in [3.63, 3.8) is 0 Å². The fourth-order valence-corrected chi connectivity index (χ4v) is 3.54. The van der Waals surface area contributed by atoms with Crippen LogP contribution >= 0.6 is 0 Å². The standard InChI is InChI=1S/C23H24N4O3/c1-13(2)27-22-18(12-24-27)17(11-20(25-22)16-10-14(3)30-15(16)4)23(28)26-19-8-6-7-9-21(19)29-5/h6-13H,1-5H3,(H,26,28). The number of furan rings is 1. The van der Waals surface area contributed by atoms with Crippen LogP contribution in [0.5, 0.6) is 5.75 Å². The molecule has 0 saturated heterocycles. The van der Waals surface area contributed by atoms with Crippen molar-refractivity contribution in [2.75, 3.05) is 12.4 Å². The fraction of sp³-hybridized carbons (Fsp3) is 0.261. The average molecular weight is 404 g/mol. The number of anilines is 1. The second kappa shape index (κ2) is 7.67. The van der Waals surface area contributed by atoms with Crippen LogP contribution in [0.1, 0.15) is 41.8 Å². The molecular weight excluding hydrogens is 380 g/mol. The molecule has 0 unspecified atom stereocenters. The van der Waals surface area contributed by atoms with Gasteiger partial charge in [0.25, 0.3) is 5.91 Å². The summed E-state index contributed by atoms with van der Waals surface area (Å²) in [7, 11) is 1.57. The number of aromatic nitrogens is 3. The summed E-state index contributed by atoms with van der Waals surface area (Å²) in [6.07, 6.45) is 1.69. The van der Waals surface area contributed by atoms with Gasteiger partial charge in [-0.05, 0) is 52.0 Å². The maximum atomic E-state index is 13.3. The SMILES string of the molecule is COc1ccccc1NC(=O)c1cc(-c2cc(C)oc2C)nc2c1cnn2C(C)C. The highest BCUT2D eigenvalue weighted by atomic mass is 16.5. The van der Waals surface area contributed by atoms with Crippen LogP contribution in [0.2, 0.25) is 0 Å². The number of carbonyl (C=O) groups is 1. The van der Waals surface area contributed by atoms with Crippen molar-refractivity contribution in [2.45, 2.75) is 33.7 Å². The Morgan fingerprint density at radius 1 is 1.20 bits per heavy atom. The summed E-state index contributed by atoms with van der Waals surface area (Å²) in [6, 6.07) is 11.1. The third kappa shape index (κ3) is 3.43. The number of hydrogen-bond donors (Lipinski definition) is 1. The lowest BCUT2D eigenvalue weighted by atomic mass is 10.1. The smallest absolute Gasteiger partial charge is 0.256 e. The molecule has 4 rings (SSSR count). The Balaban J connectivity index is 1.87. The highest BCUT2D eigenvalue weighted by molar-refractivity contribution is 6.13. The van der Waals surface area contributed by atoms with Crippen molar-refractivity contribution >= 4 is 22.6 Å². The number of hydrogen-bond acceptors (Lipinski definition) is 5. The highest BCUT2D eigenvalue weighted by Gasteiger charge is 2.21. The van der Waals surface area contributed by atoms with Crippen molar-refractivity contribution in [3.8, 4) is 17.0 Å². The quantitative estimate of drug-likeness (QED) is 0.497. The molecule has 0 fully saturated rings. The summed E-state index contributed by atoms with van der Waals surface area (Å²) in [5, 5.41) is 8.11. The molecule has 3 heterocycles. The van der Waals surface area contributed by atoms with E-state index in [0.29, 0.717) is 33.7 Å². The number of para-hydroxylation sites is 2. The third-order valence-electron chi connectivity index (χ3n) is 4.97. The summed E-state index contributed by atoms with van der Waals surface area (Å²) >= 11 is 0. The lowest BCUT2D eigenvalue weighted by Gasteiger charge is -2.12. The number of pyridine rings is 1. The maximum absolute atomic E-state index is 13.3. The number of methoxy groups -OCH3 is 1. The van der Waals surface area contributed by atoms with Gasteiger partial charge < -0.3 is 14.5 Å². The molecule has 7 nitrogen and oxygen atoms in total. The molecule has 0 bridgehead atoms. The number of ether oxygens (including phenoxy) is 1. The first-order valence-corrected chi connectivity index (χ1v) is 9.79. The van der Waals surface area contributed by atoms with E-state index >= 15 is 0 Å². The first-order chi connectivity index (χ1) is 14.4. The molecule has 154 valence electrons. The van der Waals surface area contributed by atoms with Crippen LogP contribution in [0.15, 0.2) is 47.0 Å². The Bertz CT molecular complexity index is 1240. The molecule has 1 N–H and O–H groups in total. The molecule has 0 saturated carbocycles. The number of aryl methyl sites for hydroxylation is 2. The molecule has 0 aliphatic carbocycles. The molecule has 3 aromatic heterocycles. The van der Waals surface area contributed by atoms with Crippen LogP contribution in [-0.2, 0) is 0 Å². The molecule has 30 heavy (non-hydrogen) atoms. The summed E-state index contributed by atoms with van der Waals surface area (Å²) in [6.45, 7) is 7.84. The van der Waals surface area contributed by atoms with Crippen LogP contribution in [-0.4, -0.2) is 27.8 Å². The van der Waals surface area contributed by atoms with Crippen molar-refractivity contribution < 1.29 is 13.9 Å². The molecule has 0 spiro atoms. The van der Waals surface area contributed by atoms with E-state index in [9.17, 15) is 4.79 Å². The van der Waals surface area contributed by atoms with E-state index in [4.69, 9.17) is 14.1 Å². The lowest BCUT2D eigenvalue weighted by Crippen LogP contribution is -2.14. The molecule has 0 aliphatic heterocycles. The van der Waals surface area contributed by atoms with Crippen molar-refractivity contribution in [1.82, 2.24) is 14.8 Å². The van der Waals surface area contributed by atoms with Crippen LogP contribution in [0.4, 0.5) is 5.69 Å². The van der Waals surface area contributed by atoms with E-state index in [1.54, 1.807) is 31.5 Å². The molecular formula is C23H24N4O3. The van der Waals surface area contributed by atoms with Gasteiger partial charge in [0, 0.05) is 11.6 Å². The molecule has 4 aromatic rings. The van der Waals surface area contributed by atoms with Gasteiger partial charge >= 0.3 is 0 Å². The van der Waals surface area contributed by atoms with E-state index in [1.165, 1.54) is 0 Å². The Morgan fingerprint density at radius 3 is 2.63 bits per heavy atom. The molecule has 0 radical (unpaired) electrons. The summed E-state index contributed by atoms with van der Waals surface area (Å²) in [4.78, 5) is 18.1. The molecule has 1 aromatic carbocycles. The Labute approximate surface area is 174 Å². The summed E-state index contributed by atoms with van der Waals surface area (Å²) in [5.41, 5.74) is 3.28. The minimum Gasteiger partial charge on any atom is -0.495 e. The summed E-state index contributed by atoms with van der Waals surface area (Å²) in [5.74, 6) is 1.89. The topological polar surface area (TPSA) is 82.2 Å². The van der Waals surface area contributed by atoms with Crippen LogP contribution in [0.25, 0.3) is 22.3 Å². The van der Waals surface area contributed by atoms with Gasteiger partial charge in [-0.2, -0.15) is 5.10 Å². The van der Waals surface area contributed by atoms with Gasteiger partial charge in [0.2, 0.25) is 0 Å². The van der Waals surface area contributed by atoms with Gasteiger partial charge in [0.15, 0.2) is 5.65 Å². The molecule has 1 amide bonds. The fourth-order valence-electron chi connectivity index (χ4n) is 3.54. The van der Waals surface area contributed by atoms with Crippen molar-refractivity contribution in [1.29, 1.82) is 0 Å². The average Bonchev–Trinajstić information content (AvgIpc) is 3.30. The van der Waals surface area contributed by atoms with Gasteiger partial charge in [-0.3, -0.25) is 4.79 Å². The molecule has 7 heteroatoms. The minimum absolute atomic E-state index is 0.0996. The second-order valence-electron chi connectivity index (χ2n) is 7.46. The number of nitrogens with one attached hydrogen (secondary N) is 1. The van der Waals surface area contributed by atoms with Crippen molar-refractivity contribution in [3.05, 3.63) is 59.7 Å². The van der Waals surface area contributed by atoms with Gasteiger partial charge in [-0.15, -0.1) is 0 Å². The highest BCUT2D eigenvalue weighted by Crippen LogP contribution is 2.31. The zero-order chi connectivity index (χ0) is 21.4. The first kappa shape index (κ1) is 19.7. The number of rotatable bonds is 5. The first-order valence-electron chi connectivity index (χ1n) is 9.79. The van der Waals surface area contributed by atoms with E-state index in [-0.39, 0.29) is 11.9 Å². The largest absolute Gasteiger partial charge is 0.495 e.